The number of methoxy groups -OCH3 is 1. The molecular weight excluding hydrogens is 584 g/mol. The Morgan fingerprint density at radius 2 is 1.51 bits per heavy atom. The van der Waals surface area contributed by atoms with E-state index in [0.717, 1.165) is 27.9 Å². The average Bonchev–Trinajstić information content (AvgIpc) is 3.26. The number of carbonyl (C=O) groups is 4. The Labute approximate surface area is 233 Å². The van der Waals surface area contributed by atoms with Gasteiger partial charge in [0.2, 0.25) is 6.29 Å². The first kappa shape index (κ1) is 32.5. The Hall–Kier alpha value is -2.98. The number of aliphatic hydroxyl groups is 1. The SMILES string of the molecule is COC(=O)[C@H]1O[C@@H](O[C@@H]2[C@H]3N=C(C)O[C@H]3O[C@H](CO)[C@@H]2OS(=O)(=O)O[NH3+])[C@H](OC(C)=O)[C@@H](OC(C)=O)[C@@H]1OC(C)=O. The second-order valence-electron chi connectivity index (χ2n) is 8.84. The maximum atomic E-state index is 12.7. The van der Waals surface area contributed by atoms with Crippen LogP contribution in [0.15, 0.2) is 4.99 Å². The van der Waals surface area contributed by atoms with E-state index in [1.54, 1.807) is 0 Å². The van der Waals surface area contributed by atoms with Crippen molar-refractivity contribution in [1.82, 2.24) is 0 Å². The lowest BCUT2D eigenvalue weighted by Crippen LogP contribution is -2.67. The average molecular weight is 616 g/mol. The van der Waals surface area contributed by atoms with Crippen LogP contribution in [0.1, 0.15) is 27.7 Å². The summed E-state index contributed by atoms with van der Waals surface area (Å²) in [5, 5.41) is 9.95. The van der Waals surface area contributed by atoms with Crippen molar-refractivity contribution in [1.29, 1.82) is 0 Å². The predicted molar refractivity (Wildman–Crippen MR) is 124 cm³/mol. The summed E-state index contributed by atoms with van der Waals surface area (Å²) >= 11 is 0. The largest absolute Gasteiger partial charge is 0.467 e. The number of quaternary nitrogens is 1. The van der Waals surface area contributed by atoms with Crippen molar-refractivity contribution in [2.45, 2.75) is 89.0 Å². The number of aliphatic hydroxyl groups excluding tert-OH is 1. The minimum Gasteiger partial charge on any atom is -0.467 e. The van der Waals surface area contributed by atoms with E-state index in [4.69, 9.17) is 42.1 Å². The second-order valence-corrected chi connectivity index (χ2v) is 10.1. The van der Waals surface area contributed by atoms with Crippen LogP contribution in [0.5, 0.6) is 0 Å². The van der Waals surface area contributed by atoms with Gasteiger partial charge in [-0.05, 0) is 0 Å². The Morgan fingerprint density at radius 1 is 0.927 bits per heavy atom. The Balaban J connectivity index is 2.11. The van der Waals surface area contributed by atoms with Gasteiger partial charge in [-0.25, -0.2) is 14.0 Å². The lowest BCUT2D eigenvalue weighted by atomic mass is 9.95. The molecule has 20 heteroatoms. The number of ether oxygens (including phenoxy) is 8. The van der Waals surface area contributed by atoms with Crippen LogP contribution in [0, 0.1) is 0 Å². The fourth-order valence-corrected chi connectivity index (χ4v) is 5.02. The molecule has 0 saturated carbocycles. The predicted octanol–water partition coefficient (Wildman–Crippen LogP) is -3.60. The zero-order valence-electron chi connectivity index (χ0n) is 22.5. The van der Waals surface area contributed by atoms with Gasteiger partial charge >= 0.3 is 34.3 Å². The summed E-state index contributed by atoms with van der Waals surface area (Å²) in [5.74, 6) is -0.955. The van der Waals surface area contributed by atoms with Crippen molar-refractivity contribution in [3.63, 3.8) is 0 Å². The summed E-state index contributed by atoms with van der Waals surface area (Å²) in [6, 6.07) is -1.17. The van der Waals surface area contributed by atoms with Crippen LogP contribution in [0.25, 0.3) is 0 Å². The minimum atomic E-state index is -4.79. The molecule has 0 aromatic carbocycles. The van der Waals surface area contributed by atoms with Crippen molar-refractivity contribution < 1.29 is 85.0 Å². The summed E-state index contributed by atoms with van der Waals surface area (Å²) in [7, 11) is -3.79. The molecule has 0 spiro atoms. The third-order valence-corrected chi connectivity index (χ3v) is 6.66. The zero-order valence-corrected chi connectivity index (χ0v) is 23.3. The standard InChI is InChI=1S/C21H31N2O17S/c1-7-23-12-14(13(39-41(29,30)40-22)11(6-24)36-20(12)32-7)37-21-18(35-10(4)27)16(34-9(3)26)15(33-8(2)25)17(38-21)19(28)31-5/h11-18,20-21,24H,6H2,1-5,22H3/q+1/t11-,12-,13+,14-,15+,16+,17+,18-,20+,21-/m1/s1. The molecule has 0 unspecified atom stereocenters. The van der Waals surface area contributed by atoms with Crippen LogP contribution in [0.3, 0.4) is 0 Å². The Kier molecular flexibility index (Phi) is 10.6. The molecule has 0 amide bonds. The van der Waals surface area contributed by atoms with Gasteiger partial charge in [-0.2, -0.15) is 14.3 Å². The van der Waals surface area contributed by atoms with Crippen molar-refractivity contribution in [2.75, 3.05) is 13.7 Å². The van der Waals surface area contributed by atoms with E-state index >= 15 is 0 Å². The number of esters is 4. The van der Waals surface area contributed by atoms with Gasteiger partial charge in [-0.1, -0.05) is 4.28 Å². The van der Waals surface area contributed by atoms with Crippen LogP contribution < -0.4 is 5.90 Å². The molecule has 0 bridgehead atoms. The highest BCUT2D eigenvalue weighted by molar-refractivity contribution is 7.81. The van der Waals surface area contributed by atoms with E-state index in [2.05, 4.69) is 15.2 Å². The monoisotopic (exact) mass is 615 g/mol. The van der Waals surface area contributed by atoms with Gasteiger partial charge in [-0.15, -0.1) is 0 Å². The highest BCUT2D eigenvalue weighted by atomic mass is 32.3. The lowest BCUT2D eigenvalue weighted by molar-refractivity contribution is -0.637. The molecule has 3 aliphatic heterocycles. The molecule has 3 aliphatic rings. The highest BCUT2D eigenvalue weighted by Gasteiger charge is 2.59. The van der Waals surface area contributed by atoms with E-state index < -0.39 is 102 Å². The summed E-state index contributed by atoms with van der Waals surface area (Å²) in [5.41, 5.74) is 0. The van der Waals surface area contributed by atoms with Crippen LogP contribution in [-0.4, -0.2) is 118 Å². The Bertz CT molecular complexity index is 1140. The van der Waals surface area contributed by atoms with Gasteiger partial charge in [0, 0.05) is 27.7 Å². The topological polar surface area (TPSA) is 255 Å². The van der Waals surface area contributed by atoms with Gasteiger partial charge in [0.25, 0.3) is 0 Å². The number of hydrogen-bond donors (Lipinski definition) is 2. The number of nitrogens with zero attached hydrogens (tertiary/aromatic N) is 1. The maximum absolute atomic E-state index is 12.7. The number of hydrogen-bond acceptors (Lipinski definition) is 18. The van der Waals surface area contributed by atoms with Gasteiger partial charge in [0.1, 0.15) is 24.4 Å². The number of carbonyl (C=O) groups excluding carboxylic acids is 4. The maximum Gasteiger partial charge on any atom is 0.444 e. The van der Waals surface area contributed by atoms with E-state index in [1.165, 1.54) is 6.92 Å². The fourth-order valence-electron chi connectivity index (χ4n) is 4.46. The highest BCUT2D eigenvalue weighted by Crippen LogP contribution is 2.37. The van der Waals surface area contributed by atoms with Crippen molar-refractivity contribution in [3.05, 3.63) is 0 Å². The first-order chi connectivity index (χ1) is 19.2. The summed E-state index contributed by atoms with van der Waals surface area (Å²) in [6.45, 7) is 3.67. The number of aliphatic imine (C=N–C) groups is 1. The Morgan fingerprint density at radius 3 is 2.05 bits per heavy atom. The van der Waals surface area contributed by atoms with Gasteiger partial charge in [0.05, 0.1) is 13.7 Å². The number of rotatable bonds is 10. The molecule has 41 heavy (non-hydrogen) atoms. The molecule has 0 aromatic rings. The van der Waals surface area contributed by atoms with E-state index in [-0.39, 0.29) is 5.90 Å². The molecule has 232 valence electrons. The smallest absolute Gasteiger partial charge is 0.444 e. The third-order valence-electron chi connectivity index (χ3n) is 5.91. The van der Waals surface area contributed by atoms with Gasteiger partial charge in [0.15, 0.2) is 36.6 Å². The molecule has 2 fully saturated rings. The normalized spacial score (nSPS) is 34.9. The van der Waals surface area contributed by atoms with Crippen LogP contribution in [0.2, 0.25) is 0 Å². The molecule has 3 heterocycles. The molecule has 3 rings (SSSR count). The van der Waals surface area contributed by atoms with Crippen molar-refractivity contribution in [3.8, 4) is 0 Å². The van der Waals surface area contributed by atoms with Gasteiger partial charge in [-0.3, -0.25) is 14.4 Å². The van der Waals surface area contributed by atoms with E-state index in [1.807, 2.05) is 0 Å². The molecule has 19 nitrogen and oxygen atoms in total. The quantitative estimate of drug-likeness (QED) is 0.137. The lowest BCUT2D eigenvalue weighted by Gasteiger charge is -2.46. The molecule has 10 atom stereocenters. The van der Waals surface area contributed by atoms with Gasteiger partial charge < -0.3 is 43.0 Å². The molecule has 4 N–H and O–H groups in total. The summed E-state index contributed by atoms with van der Waals surface area (Å²) in [6.07, 6.45) is -14.6. The van der Waals surface area contributed by atoms with Crippen LogP contribution >= 0.6 is 0 Å². The third kappa shape index (κ3) is 7.65. The van der Waals surface area contributed by atoms with Crippen LogP contribution in [0.4, 0.5) is 0 Å². The number of fused-ring (bicyclic) bond motifs is 1. The second kappa shape index (κ2) is 13.3. The fraction of sp³-hybridized carbons (Fsp3) is 0.762. The van der Waals surface area contributed by atoms with Crippen molar-refractivity contribution in [2.24, 2.45) is 4.99 Å². The molecular formula is C21H31N2O17S+. The summed E-state index contributed by atoms with van der Waals surface area (Å²) in [4.78, 5) is 53.0. The van der Waals surface area contributed by atoms with E-state index in [9.17, 15) is 32.7 Å². The molecule has 0 radical (unpaired) electrons. The van der Waals surface area contributed by atoms with Crippen LogP contribution in [-0.2, 0) is 75.9 Å². The first-order valence-corrected chi connectivity index (χ1v) is 13.3. The molecule has 0 aromatic heterocycles. The van der Waals surface area contributed by atoms with E-state index in [0.29, 0.717) is 0 Å². The molecule has 0 aliphatic carbocycles. The minimum absolute atomic E-state index is 0.100. The molecule has 2 saturated heterocycles. The first-order valence-electron chi connectivity index (χ1n) is 12.0. The summed E-state index contributed by atoms with van der Waals surface area (Å²) < 4.78 is 77.0. The zero-order chi connectivity index (χ0) is 30.6. The van der Waals surface area contributed by atoms with Crippen molar-refractivity contribution >= 4 is 40.2 Å².